The molecule has 0 amide bonds. The molecule has 0 bridgehead atoms. The molecule has 0 spiro atoms. The zero-order valence-corrected chi connectivity index (χ0v) is 13.2. The zero-order chi connectivity index (χ0) is 13.8. The van der Waals surface area contributed by atoms with Gasteiger partial charge in [-0.25, -0.2) is 4.98 Å². The van der Waals surface area contributed by atoms with E-state index < -0.39 is 0 Å². The first-order valence-electron chi connectivity index (χ1n) is 5.47. The van der Waals surface area contributed by atoms with Gasteiger partial charge in [0, 0.05) is 17.2 Å². The van der Waals surface area contributed by atoms with Gasteiger partial charge in [-0.05, 0) is 39.7 Å². The van der Waals surface area contributed by atoms with Gasteiger partial charge in [-0.2, -0.15) is 0 Å². The van der Waals surface area contributed by atoms with E-state index in [-0.39, 0.29) is 0 Å². The highest BCUT2D eigenvalue weighted by Crippen LogP contribution is 2.27. The van der Waals surface area contributed by atoms with E-state index in [2.05, 4.69) is 26.2 Å². The molecule has 0 radical (unpaired) electrons. The van der Waals surface area contributed by atoms with Crippen molar-refractivity contribution in [1.82, 2.24) is 4.98 Å². The summed E-state index contributed by atoms with van der Waals surface area (Å²) in [4.78, 5) is 4.05. The Balaban J connectivity index is 2.10. The monoisotopic (exact) mass is 360 g/mol. The zero-order valence-electron chi connectivity index (χ0n) is 10.1. The SMILES string of the molecule is COc1ccc(CNc2cc(Br)cnc2Cl)cc1Cl. The maximum absolute atomic E-state index is 6.07. The summed E-state index contributed by atoms with van der Waals surface area (Å²) in [7, 11) is 1.59. The number of hydrogen-bond donors (Lipinski definition) is 1. The van der Waals surface area contributed by atoms with Crippen LogP contribution in [0.1, 0.15) is 5.56 Å². The Morgan fingerprint density at radius 3 is 2.79 bits per heavy atom. The Labute approximate surface area is 130 Å². The molecule has 6 heteroatoms. The molecule has 1 aromatic carbocycles. The number of halogens is 3. The fourth-order valence-corrected chi connectivity index (χ4v) is 2.35. The molecule has 0 unspecified atom stereocenters. The van der Waals surface area contributed by atoms with Gasteiger partial charge in [0.2, 0.25) is 0 Å². The Morgan fingerprint density at radius 2 is 2.11 bits per heavy atom. The van der Waals surface area contributed by atoms with Crippen molar-refractivity contribution in [2.24, 2.45) is 0 Å². The molecule has 2 aromatic rings. The third kappa shape index (κ3) is 3.75. The number of pyridine rings is 1. The van der Waals surface area contributed by atoms with Crippen LogP contribution in [0, 0.1) is 0 Å². The molecule has 0 saturated heterocycles. The van der Waals surface area contributed by atoms with E-state index in [0.717, 1.165) is 15.7 Å². The second-order valence-corrected chi connectivity index (χ2v) is 5.50. The van der Waals surface area contributed by atoms with Crippen molar-refractivity contribution >= 4 is 44.8 Å². The van der Waals surface area contributed by atoms with Gasteiger partial charge in [0.1, 0.15) is 5.75 Å². The van der Waals surface area contributed by atoms with E-state index in [1.165, 1.54) is 0 Å². The van der Waals surface area contributed by atoms with Crippen molar-refractivity contribution in [2.75, 3.05) is 12.4 Å². The Morgan fingerprint density at radius 1 is 1.32 bits per heavy atom. The molecule has 1 aromatic heterocycles. The lowest BCUT2D eigenvalue weighted by molar-refractivity contribution is 0.415. The van der Waals surface area contributed by atoms with Gasteiger partial charge >= 0.3 is 0 Å². The number of benzene rings is 1. The highest BCUT2D eigenvalue weighted by atomic mass is 79.9. The molecule has 3 nitrogen and oxygen atoms in total. The smallest absolute Gasteiger partial charge is 0.152 e. The predicted octanol–water partition coefficient (Wildman–Crippen LogP) is 4.77. The fraction of sp³-hybridized carbons (Fsp3) is 0.154. The molecule has 100 valence electrons. The average Bonchev–Trinajstić information content (AvgIpc) is 2.40. The summed E-state index contributed by atoms with van der Waals surface area (Å²) >= 11 is 15.4. The molecular formula is C13H11BrCl2N2O. The topological polar surface area (TPSA) is 34.1 Å². The van der Waals surface area contributed by atoms with Crippen LogP contribution in [0.4, 0.5) is 5.69 Å². The van der Waals surface area contributed by atoms with Crippen molar-refractivity contribution in [1.29, 1.82) is 0 Å². The van der Waals surface area contributed by atoms with Gasteiger partial charge in [0.15, 0.2) is 5.15 Å². The number of nitrogens with one attached hydrogen (secondary N) is 1. The van der Waals surface area contributed by atoms with Crippen LogP contribution < -0.4 is 10.1 Å². The van der Waals surface area contributed by atoms with Gasteiger partial charge in [-0.15, -0.1) is 0 Å². The molecule has 0 saturated carbocycles. The summed E-state index contributed by atoms with van der Waals surface area (Å²) < 4.78 is 5.98. The highest BCUT2D eigenvalue weighted by molar-refractivity contribution is 9.10. The minimum atomic E-state index is 0.433. The van der Waals surface area contributed by atoms with Gasteiger partial charge < -0.3 is 10.1 Å². The second-order valence-electron chi connectivity index (χ2n) is 3.81. The van der Waals surface area contributed by atoms with E-state index >= 15 is 0 Å². The van der Waals surface area contributed by atoms with Crippen LogP contribution in [-0.4, -0.2) is 12.1 Å². The van der Waals surface area contributed by atoms with Crippen molar-refractivity contribution in [2.45, 2.75) is 6.54 Å². The first-order valence-corrected chi connectivity index (χ1v) is 7.02. The predicted molar refractivity (Wildman–Crippen MR) is 82.3 cm³/mol. The van der Waals surface area contributed by atoms with Crippen LogP contribution in [0.15, 0.2) is 34.9 Å². The number of hydrogen-bond acceptors (Lipinski definition) is 3. The lowest BCUT2D eigenvalue weighted by atomic mass is 10.2. The largest absolute Gasteiger partial charge is 0.495 e. The lowest BCUT2D eigenvalue weighted by Crippen LogP contribution is -2.01. The first kappa shape index (κ1) is 14.4. The van der Waals surface area contributed by atoms with Crippen molar-refractivity contribution in [3.8, 4) is 5.75 Å². The van der Waals surface area contributed by atoms with Gasteiger partial charge in [-0.1, -0.05) is 29.3 Å². The molecule has 1 N–H and O–H groups in total. The number of ether oxygens (including phenoxy) is 1. The van der Waals surface area contributed by atoms with Crippen LogP contribution in [0.25, 0.3) is 0 Å². The van der Waals surface area contributed by atoms with Crippen molar-refractivity contribution in [3.05, 3.63) is 50.7 Å². The summed E-state index contributed by atoms with van der Waals surface area (Å²) in [5.41, 5.74) is 1.80. The Bertz CT molecular complexity index is 593. The molecule has 0 atom stereocenters. The first-order chi connectivity index (χ1) is 9.10. The molecule has 0 aliphatic heterocycles. The van der Waals surface area contributed by atoms with Crippen molar-refractivity contribution < 1.29 is 4.74 Å². The number of nitrogens with zero attached hydrogens (tertiary/aromatic N) is 1. The summed E-state index contributed by atoms with van der Waals surface area (Å²) in [6.07, 6.45) is 1.65. The van der Waals surface area contributed by atoms with Crippen LogP contribution in [0.2, 0.25) is 10.2 Å². The third-order valence-corrected chi connectivity index (χ3v) is 3.54. The molecule has 2 rings (SSSR count). The second kappa shape index (κ2) is 6.46. The molecule has 0 fully saturated rings. The number of rotatable bonds is 4. The summed E-state index contributed by atoms with van der Waals surface area (Å²) in [5.74, 6) is 0.660. The van der Waals surface area contributed by atoms with E-state index in [1.807, 2.05) is 24.3 Å². The summed E-state index contributed by atoms with van der Waals surface area (Å²) in [5, 5.41) is 4.23. The Hall–Kier alpha value is -0.970. The van der Waals surface area contributed by atoms with E-state index in [1.54, 1.807) is 13.3 Å². The number of aromatic nitrogens is 1. The minimum absolute atomic E-state index is 0.433. The van der Waals surface area contributed by atoms with E-state index in [9.17, 15) is 0 Å². The molecule has 0 aliphatic carbocycles. The van der Waals surface area contributed by atoms with Gasteiger partial charge in [0.05, 0.1) is 17.8 Å². The van der Waals surface area contributed by atoms with E-state index in [0.29, 0.717) is 22.5 Å². The van der Waals surface area contributed by atoms with E-state index in [4.69, 9.17) is 27.9 Å². The normalized spacial score (nSPS) is 10.3. The third-order valence-electron chi connectivity index (χ3n) is 2.50. The van der Waals surface area contributed by atoms with Gasteiger partial charge in [-0.3, -0.25) is 0 Å². The minimum Gasteiger partial charge on any atom is -0.495 e. The quantitative estimate of drug-likeness (QED) is 0.796. The molecular weight excluding hydrogens is 351 g/mol. The van der Waals surface area contributed by atoms with Crippen LogP contribution in [0.3, 0.4) is 0 Å². The summed E-state index contributed by atoms with van der Waals surface area (Å²) in [6.45, 7) is 0.599. The molecule has 19 heavy (non-hydrogen) atoms. The summed E-state index contributed by atoms with van der Waals surface area (Å²) in [6, 6.07) is 7.50. The van der Waals surface area contributed by atoms with Gasteiger partial charge in [0.25, 0.3) is 0 Å². The fourth-order valence-electron chi connectivity index (χ4n) is 1.56. The van der Waals surface area contributed by atoms with Crippen molar-refractivity contribution in [3.63, 3.8) is 0 Å². The molecule has 0 aliphatic rings. The Kier molecular flexibility index (Phi) is 4.91. The highest BCUT2D eigenvalue weighted by Gasteiger charge is 2.04. The number of anilines is 1. The lowest BCUT2D eigenvalue weighted by Gasteiger charge is -2.10. The maximum atomic E-state index is 6.07. The van der Waals surface area contributed by atoms with Crippen LogP contribution in [0.5, 0.6) is 5.75 Å². The standard InChI is InChI=1S/C13H11BrCl2N2O/c1-19-12-3-2-8(4-10(12)15)6-17-11-5-9(14)7-18-13(11)16/h2-5,7,17H,6H2,1H3. The average molecular weight is 362 g/mol. The number of methoxy groups -OCH3 is 1. The van der Waals surface area contributed by atoms with Crippen LogP contribution >= 0.6 is 39.1 Å². The molecule has 1 heterocycles. The maximum Gasteiger partial charge on any atom is 0.152 e. The van der Waals surface area contributed by atoms with Crippen LogP contribution in [-0.2, 0) is 6.54 Å².